The van der Waals surface area contributed by atoms with Crippen LogP contribution in [0.1, 0.15) is 84.9 Å². The molecule has 2 atom stereocenters. The van der Waals surface area contributed by atoms with Gasteiger partial charge in [0.2, 0.25) is 11.5 Å². The van der Waals surface area contributed by atoms with E-state index < -0.39 is 59.2 Å². The van der Waals surface area contributed by atoms with E-state index in [9.17, 15) is 33.6 Å². The zero-order valence-corrected chi connectivity index (χ0v) is 33.6. The number of allylic oxidation sites excluding steroid dienone is 1. The minimum atomic E-state index is -1.53. The van der Waals surface area contributed by atoms with Gasteiger partial charge in [-0.2, -0.15) is 0 Å². The SMILES string of the molecule is COc1c([C@H]2c3c(cc(OC(C)=O)c(OC(C)=O)c3OC)C=C(C(=O)c3ccc(OC(C)=O)cc3)[C@H]2C(=O)c2ccc(OC(C)=O)cc2)ccc(OC(C)=O)c1OC(C)=O. The number of carbonyl (C=O) groups is 8. The lowest BCUT2D eigenvalue weighted by Crippen LogP contribution is -2.32. The van der Waals surface area contributed by atoms with Crippen LogP contribution < -0.4 is 37.9 Å². The smallest absolute Gasteiger partial charge is 0.308 e. The highest BCUT2D eigenvalue weighted by Gasteiger charge is 2.46. The first-order valence-electron chi connectivity index (χ1n) is 18.0. The van der Waals surface area contributed by atoms with Crippen molar-refractivity contribution in [2.75, 3.05) is 14.2 Å². The fourth-order valence-electron chi connectivity index (χ4n) is 6.73. The van der Waals surface area contributed by atoms with Crippen LogP contribution >= 0.6 is 0 Å². The van der Waals surface area contributed by atoms with Crippen molar-refractivity contribution in [2.45, 2.75) is 47.5 Å². The van der Waals surface area contributed by atoms with Crippen LogP contribution in [0.5, 0.6) is 46.0 Å². The van der Waals surface area contributed by atoms with Crippen molar-refractivity contribution in [2.24, 2.45) is 5.92 Å². The second-order valence-corrected chi connectivity index (χ2v) is 13.1. The van der Waals surface area contributed by atoms with Crippen LogP contribution in [0, 0.1) is 5.92 Å². The van der Waals surface area contributed by atoms with Crippen molar-refractivity contribution in [1.82, 2.24) is 0 Å². The van der Waals surface area contributed by atoms with Gasteiger partial charge >= 0.3 is 35.8 Å². The maximum Gasteiger partial charge on any atom is 0.308 e. The number of carbonyl (C=O) groups excluding carboxylic acids is 8. The lowest BCUT2D eigenvalue weighted by molar-refractivity contribution is -0.134. The highest BCUT2D eigenvalue weighted by molar-refractivity contribution is 6.18. The predicted molar refractivity (Wildman–Crippen MR) is 209 cm³/mol. The number of Topliss-reactive ketones (excluding diaryl/α,β-unsaturated/α-hetero) is 2. The summed E-state index contributed by atoms with van der Waals surface area (Å²) in [6, 6.07) is 15.2. The van der Waals surface area contributed by atoms with Crippen LogP contribution in [-0.2, 0) is 28.8 Å². The molecule has 16 heteroatoms. The normalized spacial score (nSPS) is 14.0. The van der Waals surface area contributed by atoms with Gasteiger partial charge in [-0.25, -0.2) is 0 Å². The van der Waals surface area contributed by atoms with Gasteiger partial charge in [0, 0.05) is 75.3 Å². The summed E-state index contributed by atoms with van der Waals surface area (Å²) in [4.78, 5) is 103. The molecule has 4 aromatic carbocycles. The van der Waals surface area contributed by atoms with Crippen molar-refractivity contribution in [3.05, 3.63) is 100 Å². The number of ether oxygens (including phenoxy) is 8. The van der Waals surface area contributed by atoms with E-state index in [-0.39, 0.29) is 79.4 Å². The molecule has 1 aliphatic carbocycles. The Morgan fingerprint density at radius 3 is 1.38 bits per heavy atom. The summed E-state index contributed by atoms with van der Waals surface area (Å²) in [6.07, 6.45) is 1.39. The van der Waals surface area contributed by atoms with Crippen LogP contribution in [0.3, 0.4) is 0 Å². The van der Waals surface area contributed by atoms with E-state index in [1.165, 1.54) is 101 Å². The molecule has 60 heavy (non-hydrogen) atoms. The summed E-state index contributed by atoms with van der Waals surface area (Å²) in [7, 11) is 2.47. The first kappa shape index (κ1) is 43.5. The van der Waals surface area contributed by atoms with Crippen LogP contribution in [0.4, 0.5) is 0 Å². The molecule has 310 valence electrons. The maximum atomic E-state index is 15.2. The molecule has 0 radical (unpaired) electrons. The number of methoxy groups -OCH3 is 2. The third-order valence-corrected chi connectivity index (χ3v) is 8.73. The monoisotopic (exact) mass is 822 g/mol. The zero-order chi connectivity index (χ0) is 44.0. The van der Waals surface area contributed by atoms with E-state index in [2.05, 4.69) is 0 Å². The van der Waals surface area contributed by atoms with Gasteiger partial charge in [0.25, 0.3) is 0 Å². The van der Waals surface area contributed by atoms with Crippen LogP contribution in [0.15, 0.2) is 72.3 Å². The van der Waals surface area contributed by atoms with E-state index in [1.54, 1.807) is 0 Å². The molecule has 0 aliphatic heterocycles. The van der Waals surface area contributed by atoms with Crippen molar-refractivity contribution in [1.29, 1.82) is 0 Å². The standard InChI is InChI=1S/C44H38O16/c1-21(45)55-30-13-9-27(10-14-30)39(51)33-19-29-20-35(58-24(4)48)43(60-26(6)50)44(54-8)36(29)37(38(33)40(52)28-11-15-31(16-12-28)56-22(2)46)32-17-18-34(57-23(3)47)42(41(32)53-7)59-25(5)49/h9-20,37-38H,1-8H3/t37-,38+/m0/s1. The Hall–Kier alpha value is -7.62. The van der Waals surface area contributed by atoms with Crippen LogP contribution in [0.25, 0.3) is 6.08 Å². The second kappa shape index (κ2) is 18.3. The van der Waals surface area contributed by atoms with Crippen LogP contribution in [0.2, 0.25) is 0 Å². The quantitative estimate of drug-likeness (QED) is 0.0839. The van der Waals surface area contributed by atoms with E-state index in [1.807, 2.05) is 0 Å². The van der Waals surface area contributed by atoms with Crippen molar-refractivity contribution >= 4 is 53.5 Å². The Balaban J connectivity index is 1.94. The average Bonchev–Trinajstić information content (AvgIpc) is 3.17. The number of fused-ring (bicyclic) bond motifs is 1. The maximum absolute atomic E-state index is 15.2. The number of rotatable bonds is 13. The highest BCUT2D eigenvalue weighted by atomic mass is 16.6. The summed E-state index contributed by atoms with van der Waals surface area (Å²) in [5, 5.41) is 0. The summed E-state index contributed by atoms with van der Waals surface area (Å²) in [5.74, 6) is -10.0. The first-order valence-corrected chi connectivity index (χ1v) is 18.0. The number of esters is 6. The van der Waals surface area contributed by atoms with Gasteiger partial charge in [0.15, 0.2) is 34.6 Å². The topological polar surface area (TPSA) is 210 Å². The molecule has 0 amide bonds. The minimum absolute atomic E-state index is 0.0414. The summed E-state index contributed by atoms with van der Waals surface area (Å²) < 4.78 is 44.0. The fourth-order valence-corrected chi connectivity index (χ4v) is 6.73. The molecule has 4 aromatic rings. The molecule has 16 nitrogen and oxygen atoms in total. The molecule has 0 heterocycles. The third kappa shape index (κ3) is 9.56. The third-order valence-electron chi connectivity index (χ3n) is 8.73. The van der Waals surface area contributed by atoms with Gasteiger partial charge in [-0.05, 0) is 72.3 Å². The van der Waals surface area contributed by atoms with Gasteiger partial charge in [-0.15, -0.1) is 0 Å². The molecule has 0 N–H and O–H groups in total. The summed E-state index contributed by atoms with van der Waals surface area (Å²) >= 11 is 0. The van der Waals surface area contributed by atoms with E-state index in [4.69, 9.17) is 37.9 Å². The van der Waals surface area contributed by atoms with Gasteiger partial charge in [-0.3, -0.25) is 38.4 Å². The highest BCUT2D eigenvalue weighted by Crippen LogP contribution is 2.57. The molecule has 0 bridgehead atoms. The van der Waals surface area contributed by atoms with Crippen molar-refractivity contribution in [3.8, 4) is 46.0 Å². The number of ketones is 2. The van der Waals surface area contributed by atoms with Crippen LogP contribution in [-0.4, -0.2) is 61.6 Å². The summed E-state index contributed by atoms with van der Waals surface area (Å²) in [6.45, 7) is 6.86. The lowest BCUT2D eigenvalue weighted by atomic mass is 9.66. The Kier molecular flexibility index (Phi) is 13.3. The van der Waals surface area contributed by atoms with Gasteiger partial charge in [0.05, 0.1) is 20.1 Å². The minimum Gasteiger partial charge on any atom is -0.492 e. The van der Waals surface area contributed by atoms with E-state index >= 15 is 4.79 Å². The van der Waals surface area contributed by atoms with Gasteiger partial charge in [0.1, 0.15) is 11.5 Å². The average molecular weight is 823 g/mol. The second-order valence-electron chi connectivity index (χ2n) is 13.1. The van der Waals surface area contributed by atoms with E-state index in [0.29, 0.717) is 0 Å². The van der Waals surface area contributed by atoms with Gasteiger partial charge < -0.3 is 37.9 Å². The molecule has 0 saturated carbocycles. The Bertz CT molecular complexity index is 2460. The number of benzene rings is 4. The molecular weight excluding hydrogens is 784 g/mol. The molecule has 0 aromatic heterocycles. The van der Waals surface area contributed by atoms with Crippen molar-refractivity contribution in [3.63, 3.8) is 0 Å². The Morgan fingerprint density at radius 1 is 0.467 bits per heavy atom. The lowest BCUT2D eigenvalue weighted by Gasteiger charge is -2.36. The number of hydrogen-bond donors (Lipinski definition) is 0. The molecule has 5 rings (SSSR count). The first-order chi connectivity index (χ1) is 28.4. The van der Waals surface area contributed by atoms with Crippen molar-refractivity contribution < 1.29 is 76.3 Å². The zero-order valence-electron chi connectivity index (χ0n) is 33.6. The summed E-state index contributed by atoms with van der Waals surface area (Å²) in [5.41, 5.74) is 0.324. The fraction of sp³-hybridized carbons (Fsp3) is 0.227. The molecule has 0 fully saturated rings. The Labute approximate surface area is 342 Å². The number of hydrogen-bond acceptors (Lipinski definition) is 16. The predicted octanol–water partition coefficient (Wildman–Crippen LogP) is 6.17. The largest absolute Gasteiger partial charge is 0.492 e. The molecule has 0 saturated heterocycles. The molecule has 0 spiro atoms. The van der Waals surface area contributed by atoms with E-state index in [0.717, 1.165) is 27.7 Å². The molecule has 1 aliphatic rings. The molecule has 0 unspecified atom stereocenters. The molecular formula is C44H38O16. The van der Waals surface area contributed by atoms with Gasteiger partial charge in [-0.1, -0.05) is 6.07 Å². The Morgan fingerprint density at radius 2 is 0.917 bits per heavy atom.